The molecule has 0 atom stereocenters. The molecule has 0 aliphatic rings. The summed E-state index contributed by atoms with van der Waals surface area (Å²) in [5.41, 5.74) is 2.87. The Morgan fingerprint density at radius 3 is 2.33 bits per heavy atom. The second-order valence-corrected chi connectivity index (χ2v) is 6.09. The fraction of sp³-hybridized carbons (Fsp3) is 0.267. The maximum Gasteiger partial charge on any atom is 0.336 e. The van der Waals surface area contributed by atoms with Crippen LogP contribution < -0.4 is 5.32 Å². The van der Waals surface area contributed by atoms with Gasteiger partial charge in [0.15, 0.2) is 0 Å². The van der Waals surface area contributed by atoms with Gasteiger partial charge in [0.2, 0.25) is 0 Å². The molecule has 1 heterocycles. The maximum absolute atomic E-state index is 12.3. The molecule has 0 bridgehead atoms. The maximum atomic E-state index is 12.3. The Labute approximate surface area is 126 Å². The predicted molar refractivity (Wildman–Crippen MR) is 82.4 cm³/mol. The molecule has 0 aliphatic carbocycles. The number of rotatable bonds is 3. The van der Waals surface area contributed by atoms with Gasteiger partial charge in [0.25, 0.3) is 5.91 Å². The van der Waals surface area contributed by atoms with Gasteiger partial charge in [-0.3, -0.25) is 4.79 Å². The number of aromatic nitrogens is 1. The minimum Gasteiger partial charge on any atom is -0.478 e. The van der Waals surface area contributed by atoms with Gasteiger partial charge in [0.1, 0.15) is 4.88 Å². The molecule has 2 rings (SSSR count). The first kappa shape index (κ1) is 15.2. The van der Waals surface area contributed by atoms with Crippen molar-refractivity contribution >= 4 is 28.9 Å². The number of nitrogens with one attached hydrogen (secondary N) is 1. The van der Waals surface area contributed by atoms with Crippen LogP contribution in [0, 0.1) is 27.7 Å². The minimum absolute atomic E-state index is 0.188. The van der Waals surface area contributed by atoms with E-state index in [1.54, 1.807) is 19.9 Å². The predicted octanol–water partition coefficient (Wildman–Crippen LogP) is 3.33. The number of benzene rings is 1. The number of hydrogen-bond acceptors (Lipinski definition) is 4. The second-order valence-electron chi connectivity index (χ2n) is 4.89. The van der Waals surface area contributed by atoms with E-state index in [1.165, 1.54) is 17.4 Å². The van der Waals surface area contributed by atoms with Crippen molar-refractivity contribution in [2.24, 2.45) is 0 Å². The highest BCUT2D eigenvalue weighted by Gasteiger charge is 2.16. The van der Waals surface area contributed by atoms with Crippen LogP contribution in [0.1, 0.15) is 41.9 Å². The van der Waals surface area contributed by atoms with Gasteiger partial charge in [-0.05, 0) is 44.9 Å². The quantitative estimate of drug-likeness (QED) is 0.911. The molecule has 0 radical (unpaired) electrons. The monoisotopic (exact) mass is 304 g/mol. The zero-order chi connectivity index (χ0) is 15.7. The van der Waals surface area contributed by atoms with E-state index in [9.17, 15) is 9.59 Å². The van der Waals surface area contributed by atoms with Crippen LogP contribution in [-0.2, 0) is 0 Å². The average molecular weight is 304 g/mol. The molecule has 1 aromatic heterocycles. The number of aryl methyl sites for hydroxylation is 4. The average Bonchev–Trinajstić information content (AvgIpc) is 2.71. The van der Waals surface area contributed by atoms with Crippen molar-refractivity contribution in [2.45, 2.75) is 27.7 Å². The number of thiazole rings is 1. The molecule has 0 fully saturated rings. The van der Waals surface area contributed by atoms with Gasteiger partial charge in [-0.2, -0.15) is 0 Å². The summed E-state index contributed by atoms with van der Waals surface area (Å²) in [7, 11) is 0. The number of carbonyl (C=O) groups is 2. The van der Waals surface area contributed by atoms with Crippen LogP contribution in [0.4, 0.5) is 5.69 Å². The Morgan fingerprint density at radius 1 is 1.14 bits per heavy atom. The first-order valence-corrected chi connectivity index (χ1v) is 7.21. The Hall–Kier alpha value is -2.21. The van der Waals surface area contributed by atoms with E-state index in [4.69, 9.17) is 5.11 Å². The number of anilines is 1. The minimum atomic E-state index is -1.01. The van der Waals surface area contributed by atoms with Gasteiger partial charge in [0.05, 0.1) is 16.3 Å². The topological polar surface area (TPSA) is 79.3 Å². The lowest BCUT2D eigenvalue weighted by molar-refractivity contribution is 0.0695. The van der Waals surface area contributed by atoms with Crippen molar-refractivity contribution in [3.05, 3.63) is 44.4 Å². The number of carboxylic acid groups (broad SMARTS) is 1. The van der Waals surface area contributed by atoms with E-state index < -0.39 is 5.97 Å². The Morgan fingerprint density at radius 2 is 1.81 bits per heavy atom. The van der Waals surface area contributed by atoms with E-state index in [0.29, 0.717) is 21.8 Å². The van der Waals surface area contributed by atoms with Crippen molar-refractivity contribution in [2.75, 3.05) is 5.32 Å². The summed E-state index contributed by atoms with van der Waals surface area (Å²) in [6, 6.07) is 3.25. The SMILES string of the molecule is Cc1nc(C)c(C(=O)Nc2cc(C(=O)O)c(C)cc2C)s1. The summed E-state index contributed by atoms with van der Waals surface area (Å²) in [6.45, 7) is 7.19. The summed E-state index contributed by atoms with van der Waals surface area (Å²) in [4.78, 5) is 28.2. The number of nitrogens with zero attached hydrogens (tertiary/aromatic N) is 1. The summed E-state index contributed by atoms with van der Waals surface area (Å²) in [6.07, 6.45) is 0. The fourth-order valence-corrected chi connectivity index (χ4v) is 2.95. The molecule has 21 heavy (non-hydrogen) atoms. The largest absolute Gasteiger partial charge is 0.478 e. The van der Waals surface area contributed by atoms with Crippen LogP contribution in [-0.4, -0.2) is 22.0 Å². The Balaban J connectivity index is 2.35. The van der Waals surface area contributed by atoms with Crippen LogP contribution in [0.2, 0.25) is 0 Å². The van der Waals surface area contributed by atoms with E-state index >= 15 is 0 Å². The Kier molecular flexibility index (Phi) is 4.09. The van der Waals surface area contributed by atoms with Gasteiger partial charge in [0, 0.05) is 5.69 Å². The molecule has 0 saturated heterocycles. The number of amides is 1. The van der Waals surface area contributed by atoms with Crippen LogP contribution >= 0.6 is 11.3 Å². The van der Waals surface area contributed by atoms with E-state index in [2.05, 4.69) is 10.3 Å². The van der Waals surface area contributed by atoms with Crippen LogP contribution in [0.5, 0.6) is 0 Å². The van der Waals surface area contributed by atoms with Gasteiger partial charge in [-0.15, -0.1) is 11.3 Å². The molecule has 2 N–H and O–H groups in total. The van der Waals surface area contributed by atoms with Crippen molar-refractivity contribution in [3.63, 3.8) is 0 Å². The second kappa shape index (κ2) is 5.65. The van der Waals surface area contributed by atoms with Crippen molar-refractivity contribution in [1.29, 1.82) is 0 Å². The van der Waals surface area contributed by atoms with Gasteiger partial charge >= 0.3 is 5.97 Å². The lowest BCUT2D eigenvalue weighted by Gasteiger charge is -2.11. The van der Waals surface area contributed by atoms with Crippen LogP contribution in [0.15, 0.2) is 12.1 Å². The first-order valence-electron chi connectivity index (χ1n) is 6.39. The van der Waals surface area contributed by atoms with Crippen LogP contribution in [0.3, 0.4) is 0 Å². The summed E-state index contributed by atoms with van der Waals surface area (Å²) < 4.78 is 0. The zero-order valence-electron chi connectivity index (χ0n) is 12.3. The summed E-state index contributed by atoms with van der Waals surface area (Å²) in [5.74, 6) is -1.27. The molecular formula is C15H16N2O3S. The summed E-state index contributed by atoms with van der Waals surface area (Å²) in [5, 5.41) is 12.8. The highest BCUT2D eigenvalue weighted by Crippen LogP contribution is 2.23. The third-order valence-corrected chi connectivity index (χ3v) is 4.23. The van der Waals surface area contributed by atoms with E-state index in [0.717, 1.165) is 10.6 Å². The van der Waals surface area contributed by atoms with E-state index in [1.807, 2.05) is 13.8 Å². The molecule has 0 unspecified atom stereocenters. The number of carboxylic acids is 1. The molecule has 6 heteroatoms. The van der Waals surface area contributed by atoms with Gasteiger partial charge in [-0.1, -0.05) is 6.07 Å². The highest BCUT2D eigenvalue weighted by molar-refractivity contribution is 7.13. The van der Waals surface area contributed by atoms with Gasteiger partial charge < -0.3 is 10.4 Å². The fourth-order valence-electron chi connectivity index (χ4n) is 2.14. The molecular weight excluding hydrogens is 288 g/mol. The van der Waals surface area contributed by atoms with Crippen molar-refractivity contribution in [1.82, 2.24) is 4.98 Å². The number of aromatic carboxylic acids is 1. The van der Waals surface area contributed by atoms with Crippen molar-refractivity contribution < 1.29 is 14.7 Å². The lowest BCUT2D eigenvalue weighted by atomic mass is 10.0. The molecule has 110 valence electrons. The van der Waals surface area contributed by atoms with E-state index in [-0.39, 0.29) is 11.5 Å². The Bertz CT molecular complexity index is 735. The standard InChI is InChI=1S/C15H16N2O3S/c1-7-5-8(2)12(6-11(7)15(19)20)17-14(18)13-9(3)16-10(4)21-13/h5-6H,1-4H3,(H,17,18)(H,19,20). The molecule has 2 aromatic rings. The molecule has 1 aromatic carbocycles. The van der Waals surface area contributed by atoms with Crippen LogP contribution in [0.25, 0.3) is 0 Å². The van der Waals surface area contributed by atoms with Gasteiger partial charge in [-0.25, -0.2) is 9.78 Å². The zero-order valence-corrected chi connectivity index (χ0v) is 13.1. The molecule has 0 aliphatic heterocycles. The summed E-state index contributed by atoms with van der Waals surface area (Å²) >= 11 is 1.32. The highest BCUT2D eigenvalue weighted by atomic mass is 32.1. The molecule has 1 amide bonds. The third-order valence-electron chi connectivity index (χ3n) is 3.16. The normalized spacial score (nSPS) is 10.5. The number of carbonyl (C=O) groups excluding carboxylic acids is 1. The number of hydrogen-bond donors (Lipinski definition) is 2. The lowest BCUT2D eigenvalue weighted by Crippen LogP contribution is -2.13. The smallest absolute Gasteiger partial charge is 0.336 e. The molecule has 5 nitrogen and oxygen atoms in total. The molecule has 0 spiro atoms. The first-order chi connectivity index (χ1) is 9.79. The molecule has 0 saturated carbocycles. The van der Waals surface area contributed by atoms with Crippen molar-refractivity contribution in [3.8, 4) is 0 Å². The third kappa shape index (κ3) is 3.11.